The average molecular weight is 334 g/mol. The zero-order valence-corrected chi connectivity index (χ0v) is 13.5. The molecule has 2 atom stereocenters. The van der Waals surface area contributed by atoms with E-state index in [2.05, 4.69) is 10.4 Å². The molecule has 0 spiro atoms. The Kier molecular flexibility index (Phi) is 4.98. The van der Waals surface area contributed by atoms with Crippen molar-refractivity contribution < 1.29 is 9.90 Å². The summed E-state index contributed by atoms with van der Waals surface area (Å²) in [5.74, 6) is 0.222. The number of nitrogens with zero attached hydrogens (tertiary/aromatic N) is 2. The van der Waals surface area contributed by atoms with Gasteiger partial charge in [-0.25, -0.2) is 4.68 Å². The quantitative estimate of drug-likeness (QED) is 0.904. The zero-order valence-electron chi connectivity index (χ0n) is 12.8. The van der Waals surface area contributed by atoms with Gasteiger partial charge in [-0.3, -0.25) is 4.79 Å². The first-order valence-corrected chi connectivity index (χ1v) is 8.26. The number of aromatic nitrogens is 2. The van der Waals surface area contributed by atoms with Crippen LogP contribution in [0.1, 0.15) is 36.0 Å². The van der Waals surface area contributed by atoms with Crippen molar-refractivity contribution in [3.8, 4) is 5.69 Å². The molecular formula is C17H20ClN3O2. The molecule has 0 bridgehead atoms. The van der Waals surface area contributed by atoms with Crippen LogP contribution in [0.4, 0.5) is 0 Å². The number of benzene rings is 1. The van der Waals surface area contributed by atoms with E-state index >= 15 is 0 Å². The van der Waals surface area contributed by atoms with E-state index in [4.69, 9.17) is 11.6 Å². The lowest BCUT2D eigenvalue weighted by atomic mass is 9.87. The number of aliphatic hydroxyl groups is 1. The predicted molar refractivity (Wildman–Crippen MR) is 88.9 cm³/mol. The highest BCUT2D eigenvalue weighted by Gasteiger charge is 2.21. The van der Waals surface area contributed by atoms with Crippen LogP contribution in [0.25, 0.3) is 5.69 Å². The summed E-state index contributed by atoms with van der Waals surface area (Å²) in [6, 6.07) is 7.26. The molecule has 122 valence electrons. The molecule has 1 aliphatic rings. The van der Waals surface area contributed by atoms with E-state index in [1.165, 1.54) is 0 Å². The van der Waals surface area contributed by atoms with Gasteiger partial charge in [-0.15, -0.1) is 0 Å². The SMILES string of the molecule is O=C(NCC1CCCC(O)C1)c1cnn(-c2ccc(Cl)cc2)c1. The number of hydrogen-bond acceptors (Lipinski definition) is 3. The number of nitrogens with one attached hydrogen (secondary N) is 1. The maximum atomic E-state index is 12.2. The van der Waals surface area contributed by atoms with E-state index < -0.39 is 0 Å². The van der Waals surface area contributed by atoms with Crippen molar-refractivity contribution in [1.82, 2.24) is 15.1 Å². The molecule has 1 fully saturated rings. The second kappa shape index (κ2) is 7.15. The summed E-state index contributed by atoms with van der Waals surface area (Å²) in [5.41, 5.74) is 1.38. The maximum absolute atomic E-state index is 12.2. The third-order valence-electron chi connectivity index (χ3n) is 4.24. The number of aliphatic hydroxyl groups excluding tert-OH is 1. The molecule has 0 saturated heterocycles. The van der Waals surface area contributed by atoms with Crippen LogP contribution in [0.15, 0.2) is 36.7 Å². The van der Waals surface area contributed by atoms with Gasteiger partial charge in [0.15, 0.2) is 0 Å². The maximum Gasteiger partial charge on any atom is 0.254 e. The smallest absolute Gasteiger partial charge is 0.254 e. The van der Waals surface area contributed by atoms with Crippen molar-refractivity contribution in [2.75, 3.05) is 6.54 Å². The number of halogens is 1. The molecule has 1 heterocycles. The lowest BCUT2D eigenvalue weighted by molar-refractivity contribution is 0.0874. The topological polar surface area (TPSA) is 67.2 Å². The van der Waals surface area contributed by atoms with Gasteiger partial charge in [0, 0.05) is 17.8 Å². The third kappa shape index (κ3) is 4.12. The Labute approximate surface area is 140 Å². The van der Waals surface area contributed by atoms with Crippen LogP contribution in [0.3, 0.4) is 0 Å². The van der Waals surface area contributed by atoms with Gasteiger partial charge in [-0.2, -0.15) is 5.10 Å². The lowest BCUT2D eigenvalue weighted by Crippen LogP contribution is -2.32. The molecule has 2 unspecified atom stereocenters. The number of amides is 1. The zero-order chi connectivity index (χ0) is 16.2. The monoisotopic (exact) mass is 333 g/mol. The van der Waals surface area contributed by atoms with Crippen molar-refractivity contribution in [2.24, 2.45) is 5.92 Å². The average Bonchev–Trinajstić information content (AvgIpc) is 3.03. The van der Waals surface area contributed by atoms with Crippen LogP contribution in [0, 0.1) is 5.92 Å². The van der Waals surface area contributed by atoms with Gasteiger partial charge in [0.1, 0.15) is 0 Å². The molecule has 0 radical (unpaired) electrons. The molecule has 2 N–H and O–H groups in total. The Bertz CT molecular complexity index is 669. The highest BCUT2D eigenvalue weighted by molar-refractivity contribution is 6.30. The van der Waals surface area contributed by atoms with Crippen LogP contribution in [-0.2, 0) is 0 Å². The summed E-state index contributed by atoms with van der Waals surface area (Å²) in [7, 11) is 0. The molecule has 1 aliphatic carbocycles. The minimum atomic E-state index is -0.224. The van der Waals surface area contributed by atoms with Crippen LogP contribution in [0.2, 0.25) is 5.02 Å². The summed E-state index contributed by atoms with van der Waals surface area (Å²) < 4.78 is 1.65. The molecule has 6 heteroatoms. The molecule has 1 aromatic carbocycles. The lowest BCUT2D eigenvalue weighted by Gasteiger charge is -2.25. The molecular weight excluding hydrogens is 314 g/mol. The predicted octanol–water partition coefficient (Wildman–Crippen LogP) is 2.81. The van der Waals surface area contributed by atoms with Gasteiger partial charge in [0.05, 0.1) is 23.6 Å². The van der Waals surface area contributed by atoms with E-state index in [1.54, 1.807) is 29.2 Å². The summed E-state index contributed by atoms with van der Waals surface area (Å²) in [4.78, 5) is 12.2. The van der Waals surface area contributed by atoms with E-state index in [9.17, 15) is 9.90 Å². The molecule has 3 rings (SSSR count). The van der Waals surface area contributed by atoms with Gasteiger partial charge in [-0.1, -0.05) is 18.0 Å². The normalized spacial score (nSPS) is 21.1. The van der Waals surface area contributed by atoms with Gasteiger partial charge < -0.3 is 10.4 Å². The minimum Gasteiger partial charge on any atom is -0.393 e. The Hall–Kier alpha value is -1.85. The Morgan fingerprint density at radius 3 is 2.87 bits per heavy atom. The number of carbonyl (C=O) groups excluding carboxylic acids is 1. The first-order chi connectivity index (χ1) is 11.1. The number of rotatable bonds is 4. The van der Waals surface area contributed by atoms with E-state index in [1.807, 2.05) is 12.1 Å². The molecule has 1 saturated carbocycles. The molecule has 23 heavy (non-hydrogen) atoms. The number of carbonyl (C=O) groups is 1. The van der Waals surface area contributed by atoms with Crippen molar-refractivity contribution in [3.63, 3.8) is 0 Å². The fourth-order valence-corrected chi connectivity index (χ4v) is 3.09. The fourth-order valence-electron chi connectivity index (χ4n) is 2.96. The molecule has 2 aromatic rings. The van der Waals surface area contributed by atoms with E-state index in [0.29, 0.717) is 23.0 Å². The molecule has 1 amide bonds. The van der Waals surface area contributed by atoms with Crippen LogP contribution < -0.4 is 5.32 Å². The van der Waals surface area contributed by atoms with Gasteiger partial charge >= 0.3 is 0 Å². The van der Waals surface area contributed by atoms with Crippen molar-refractivity contribution in [2.45, 2.75) is 31.8 Å². The standard InChI is InChI=1S/C17H20ClN3O2/c18-14-4-6-15(7-5-14)21-11-13(10-20-21)17(23)19-9-12-2-1-3-16(22)8-12/h4-7,10-12,16,22H,1-3,8-9H2,(H,19,23). The Morgan fingerprint density at radius 1 is 1.35 bits per heavy atom. The van der Waals surface area contributed by atoms with Crippen molar-refractivity contribution in [1.29, 1.82) is 0 Å². The number of hydrogen-bond donors (Lipinski definition) is 2. The summed E-state index contributed by atoms with van der Waals surface area (Å²) in [6.07, 6.45) is 6.76. The van der Waals surface area contributed by atoms with Gasteiger partial charge in [-0.05, 0) is 49.4 Å². The van der Waals surface area contributed by atoms with E-state index in [0.717, 1.165) is 31.4 Å². The van der Waals surface area contributed by atoms with Gasteiger partial charge in [0.25, 0.3) is 5.91 Å². The van der Waals surface area contributed by atoms with Crippen LogP contribution >= 0.6 is 11.6 Å². The van der Waals surface area contributed by atoms with Crippen molar-refractivity contribution >= 4 is 17.5 Å². The molecule has 5 nitrogen and oxygen atoms in total. The highest BCUT2D eigenvalue weighted by atomic mass is 35.5. The van der Waals surface area contributed by atoms with Crippen molar-refractivity contribution in [3.05, 3.63) is 47.2 Å². The Balaban J connectivity index is 1.59. The first-order valence-electron chi connectivity index (χ1n) is 7.88. The second-order valence-electron chi connectivity index (χ2n) is 6.05. The van der Waals surface area contributed by atoms with Gasteiger partial charge in [0.2, 0.25) is 0 Å². The molecule has 1 aromatic heterocycles. The minimum absolute atomic E-state index is 0.134. The second-order valence-corrected chi connectivity index (χ2v) is 6.48. The summed E-state index contributed by atoms with van der Waals surface area (Å²) in [6.45, 7) is 0.599. The van der Waals surface area contributed by atoms with Crippen LogP contribution in [0.5, 0.6) is 0 Å². The van der Waals surface area contributed by atoms with E-state index in [-0.39, 0.29) is 12.0 Å². The Morgan fingerprint density at radius 2 is 2.13 bits per heavy atom. The summed E-state index contributed by atoms with van der Waals surface area (Å²) >= 11 is 5.87. The first kappa shape index (κ1) is 16.0. The largest absolute Gasteiger partial charge is 0.393 e. The summed E-state index contributed by atoms with van der Waals surface area (Å²) in [5, 5.41) is 17.5. The highest BCUT2D eigenvalue weighted by Crippen LogP contribution is 2.23. The molecule has 0 aliphatic heterocycles. The van der Waals surface area contributed by atoms with Crippen LogP contribution in [-0.4, -0.2) is 33.4 Å². The fraction of sp³-hybridized carbons (Fsp3) is 0.412. The third-order valence-corrected chi connectivity index (χ3v) is 4.49.